The molecule has 0 bridgehead atoms. The summed E-state index contributed by atoms with van der Waals surface area (Å²) in [6.45, 7) is 3.41. The molecular weight excluding hydrogens is 282 g/mol. The first kappa shape index (κ1) is 14.7. The Balaban J connectivity index is 1.63. The first-order valence-electron chi connectivity index (χ1n) is 7.30. The van der Waals surface area contributed by atoms with Gasteiger partial charge in [0.05, 0.1) is 6.54 Å². The largest absolute Gasteiger partial charge is 0.490 e. The predicted octanol–water partition coefficient (Wildman–Crippen LogP) is 2.93. The van der Waals surface area contributed by atoms with E-state index in [4.69, 9.17) is 14.3 Å². The van der Waals surface area contributed by atoms with Crippen molar-refractivity contribution in [3.05, 3.63) is 53.0 Å². The fourth-order valence-electron chi connectivity index (χ4n) is 2.79. The molecule has 1 atom stereocenters. The van der Waals surface area contributed by atoms with Crippen LogP contribution in [0.4, 0.5) is 0 Å². The van der Waals surface area contributed by atoms with Gasteiger partial charge in [-0.05, 0) is 43.3 Å². The summed E-state index contributed by atoms with van der Waals surface area (Å²) in [5.41, 5.74) is 2.47. The van der Waals surface area contributed by atoms with E-state index in [1.165, 1.54) is 17.2 Å². The van der Waals surface area contributed by atoms with Crippen molar-refractivity contribution in [3.8, 4) is 5.75 Å². The first-order chi connectivity index (χ1) is 10.5. The maximum absolute atomic E-state index is 10.8. The van der Waals surface area contributed by atoms with E-state index in [1.807, 2.05) is 13.1 Å². The van der Waals surface area contributed by atoms with Crippen LogP contribution >= 0.6 is 0 Å². The van der Waals surface area contributed by atoms with Crippen molar-refractivity contribution in [2.24, 2.45) is 0 Å². The molecule has 3 rings (SSSR count). The van der Waals surface area contributed by atoms with E-state index < -0.39 is 5.97 Å². The fraction of sp³-hybridized carbons (Fsp3) is 0.353. The number of benzene rings is 1. The number of fused-ring (bicyclic) bond motifs is 1. The lowest BCUT2D eigenvalue weighted by Crippen LogP contribution is -2.16. The zero-order valence-corrected chi connectivity index (χ0v) is 12.7. The second-order valence-electron chi connectivity index (χ2n) is 5.82. The maximum Gasteiger partial charge on any atom is 0.371 e. The molecule has 0 saturated carbocycles. The van der Waals surface area contributed by atoms with Gasteiger partial charge in [0, 0.05) is 13.0 Å². The van der Waals surface area contributed by atoms with Gasteiger partial charge in [-0.3, -0.25) is 4.90 Å². The molecule has 0 radical (unpaired) electrons. The Morgan fingerprint density at radius 1 is 1.32 bits per heavy atom. The maximum atomic E-state index is 10.8. The minimum absolute atomic E-state index is 0.0212. The van der Waals surface area contributed by atoms with Crippen LogP contribution in [0.5, 0.6) is 5.75 Å². The van der Waals surface area contributed by atoms with Crippen molar-refractivity contribution in [2.75, 3.05) is 7.05 Å². The molecule has 22 heavy (non-hydrogen) atoms. The van der Waals surface area contributed by atoms with Crippen LogP contribution in [-0.4, -0.2) is 29.1 Å². The topological polar surface area (TPSA) is 62.9 Å². The number of ether oxygens (including phenoxy) is 1. The zero-order chi connectivity index (χ0) is 15.7. The normalized spacial score (nSPS) is 16.6. The Bertz CT molecular complexity index is 692. The molecule has 0 amide bonds. The molecule has 0 spiro atoms. The van der Waals surface area contributed by atoms with Gasteiger partial charge in [0.15, 0.2) is 0 Å². The lowest BCUT2D eigenvalue weighted by Gasteiger charge is -2.15. The standard InChI is InChI=1S/C17H19NO4/c1-11-7-13-8-12(3-5-15(13)21-11)9-18(2)10-14-4-6-16(22-14)17(19)20/h3-6,8,11H,7,9-10H2,1-2H3,(H,19,20). The summed E-state index contributed by atoms with van der Waals surface area (Å²) in [6, 6.07) is 9.47. The van der Waals surface area contributed by atoms with E-state index in [0.29, 0.717) is 12.3 Å². The van der Waals surface area contributed by atoms with E-state index >= 15 is 0 Å². The lowest BCUT2D eigenvalue weighted by atomic mass is 10.1. The fourth-order valence-corrected chi connectivity index (χ4v) is 2.79. The molecule has 1 aromatic heterocycles. The van der Waals surface area contributed by atoms with Crippen molar-refractivity contribution in [3.63, 3.8) is 0 Å². The van der Waals surface area contributed by atoms with E-state index in [2.05, 4.69) is 24.0 Å². The van der Waals surface area contributed by atoms with Crippen molar-refractivity contribution in [1.82, 2.24) is 4.90 Å². The van der Waals surface area contributed by atoms with Crippen LogP contribution in [0.1, 0.15) is 34.4 Å². The van der Waals surface area contributed by atoms with Crippen LogP contribution in [0.25, 0.3) is 0 Å². The van der Waals surface area contributed by atoms with E-state index in [0.717, 1.165) is 18.7 Å². The number of carbonyl (C=O) groups is 1. The second-order valence-corrected chi connectivity index (χ2v) is 5.82. The van der Waals surface area contributed by atoms with E-state index in [1.54, 1.807) is 6.07 Å². The SMILES string of the molecule is CC1Cc2cc(CN(C)Cc3ccc(C(=O)O)o3)ccc2O1. The van der Waals surface area contributed by atoms with Crippen molar-refractivity contribution in [2.45, 2.75) is 32.5 Å². The zero-order valence-electron chi connectivity index (χ0n) is 12.7. The molecule has 0 aliphatic carbocycles. The molecule has 116 valence electrons. The first-order valence-corrected chi connectivity index (χ1v) is 7.30. The van der Waals surface area contributed by atoms with Gasteiger partial charge >= 0.3 is 5.97 Å². The second kappa shape index (κ2) is 5.85. The quantitative estimate of drug-likeness (QED) is 0.920. The summed E-state index contributed by atoms with van der Waals surface area (Å²) in [7, 11) is 1.98. The number of rotatable bonds is 5. The molecule has 1 N–H and O–H groups in total. The lowest BCUT2D eigenvalue weighted by molar-refractivity contribution is 0.0658. The number of hydrogen-bond donors (Lipinski definition) is 1. The highest BCUT2D eigenvalue weighted by Crippen LogP contribution is 2.29. The average Bonchev–Trinajstić information content (AvgIpc) is 3.03. The summed E-state index contributed by atoms with van der Waals surface area (Å²) >= 11 is 0. The molecule has 5 heteroatoms. The smallest absolute Gasteiger partial charge is 0.371 e. The molecule has 1 aromatic carbocycles. The third-order valence-corrected chi connectivity index (χ3v) is 3.71. The number of nitrogens with zero attached hydrogens (tertiary/aromatic N) is 1. The molecule has 2 heterocycles. The Hall–Kier alpha value is -2.27. The van der Waals surface area contributed by atoms with Crippen LogP contribution < -0.4 is 4.74 Å². The molecule has 1 aliphatic heterocycles. The van der Waals surface area contributed by atoms with Crippen LogP contribution in [0, 0.1) is 0 Å². The van der Waals surface area contributed by atoms with Crippen LogP contribution in [0.2, 0.25) is 0 Å². The number of carboxylic acid groups (broad SMARTS) is 1. The number of carboxylic acids is 1. The van der Waals surface area contributed by atoms with Gasteiger partial charge in [0.25, 0.3) is 0 Å². The van der Waals surface area contributed by atoms with Gasteiger partial charge < -0.3 is 14.3 Å². The van der Waals surface area contributed by atoms with Crippen molar-refractivity contribution in [1.29, 1.82) is 0 Å². The Labute approximate surface area is 129 Å². The van der Waals surface area contributed by atoms with Crippen LogP contribution in [0.3, 0.4) is 0 Å². The predicted molar refractivity (Wildman–Crippen MR) is 81.1 cm³/mol. The molecule has 2 aromatic rings. The third kappa shape index (κ3) is 3.14. The average molecular weight is 301 g/mol. The minimum atomic E-state index is -1.04. The van der Waals surface area contributed by atoms with Crippen LogP contribution in [0.15, 0.2) is 34.7 Å². The molecule has 0 fully saturated rings. The van der Waals surface area contributed by atoms with Gasteiger partial charge in [0.1, 0.15) is 17.6 Å². The van der Waals surface area contributed by atoms with Crippen molar-refractivity contribution < 1.29 is 19.1 Å². The highest BCUT2D eigenvalue weighted by Gasteiger charge is 2.19. The molecular formula is C17H19NO4. The Morgan fingerprint density at radius 2 is 2.14 bits per heavy atom. The summed E-state index contributed by atoms with van der Waals surface area (Å²) in [6.07, 6.45) is 1.20. The summed E-state index contributed by atoms with van der Waals surface area (Å²) in [5, 5.41) is 8.86. The molecule has 1 aliphatic rings. The summed E-state index contributed by atoms with van der Waals surface area (Å²) in [5.74, 6) is 0.572. The monoisotopic (exact) mass is 301 g/mol. The summed E-state index contributed by atoms with van der Waals surface area (Å²) in [4.78, 5) is 12.9. The van der Waals surface area contributed by atoms with Gasteiger partial charge in [-0.1, -0.05) is 12.1 Å². The number of hydrogen-bond acceptors (Lipinski definition) is 4. The van der Waals surface area contributed by atoms with Gasteiger partial charge in [-0.25, -0.2) is 4.79 Å². The number of furan rings is 1. The molecule has 5 nitrogen and oxygen atoms in total. The van der Waals surface area contributed by atoms with Gasteiger partial charge in [0.2, 0.25) is 5.76 Å². The summed E-state index contributed by atoms with van der Waals surface area (Å²) < 4.78 is 11.0. The molecule has 1 unspecified atom stereocenters. The van der Waals surface area contributed by atoms with Crippen molar-refractivity contribution >= 4 is 5.97 Å². The van der Waals surface area contributed by atoms with Gasteiger partial charge in [-0.2, -0.15) is 0 Å². The third-order valence-electron chi connectivity index (χ3n) is 3.71. The number of aromatic carboxylic acids is 1. The van der Waals surface area contributed by atoms with E-state index in [-0.39, 0.29) is 11.9 Å². The Kier molecular flexibility index (Phi) is 3.90. The highest BCUT2D eigenvalue weighted by molar-refractivity contribution is 5.84. The van der Waals surface area contributed by atoms with Gasteiger partial charge in [-0.15, -0.1) is 0 Å². The van der Waals surface area contributed by atoms with Crippen LogP contribution in [-0.2, 0) is 19.5 Å². The molecule has 0 saturated heterocycles. The minimum Gasteiger partial charge on any atom is -0.490 e. The highest BCUT2D eigenvalue weighted by atomic mass is 16.5. The Morgan fingerprint density at radius 3 is 2.86 bits per heavy atom. The van der Waals surface area contributed by atoms with E-state index in [9.17, 15) is 4.79 Å².